The summed E-state index contributed by atoms with van der Waals surface area (Å²) < 4.78 is 2.05. The second-order valence-electron chi connectivity index (χ2n) is 7.16. The van der Waals surface area contributed by atoms with Gasteiger partial charge in [-0.1, -0.05) is 32.5 Å². The maximum Gasteiger partial charge on any atom is 0.229 e. The molecular weight excluding hydrogens is 332 g/mol. The van der Waals surface area contributed by atoms with E-state index in [9.17, 15) is 4.79 Å². The summed E-state index contributed by atoms with van der Waals surface area (Å²) in [5, 5.41) is 10.7. The molecule has 25 heavy (non-hydrogen) atoms. The van der Waals surface area contributed by atoms with Gasteiger partial charge in [0, 0.05) is 28.2 Å². The zero-order valence-electron chi connectivity index (χ0n) is 15.9. The van der Waals surface area contributed by atoms with Gasteiger partial charge in [-0.3, -0.25) is 9.48 Å². The van der Waals surface area contributed by atoms with Crippen molar-refractivity contribution in [3.8, 4) is 0 Å². The van der Waals surface area contributed by atoms with Crippen LogP contribution in [0.5, 0.6) is 0 Å². The molecule has 0 unspecified atom stereocenters. The van der Waals surface area contributed by atoms with E-state index in [4.69, 9.17) is 0 Å². The number of amides is 1. The molecule has 2 aromatic rings. The van der Waals surface area contributed by atoms with Gasteiger partial charge >= 0.3 is 0 Å². The van der Waals surface area contributed by atoms with Crippen LogP contribution in [0.3, 0.4) is 0 Å². The van der Waals surface area contributed by atoms with Crippen LogP contribution in [0.1, 0.15) is 32.2 Å². The fraction of sp³-hybridized carbons (Fsp3) is 0.474. The summed E-state index contributed by atoms with van der Waals surface area (Å²) in [4.78, 5) is 14.4. The zero-order valence-corrected chi connectivity index (χ0v) is 16.8. The fourth-order valence-electron chi connectivity index (χ4n) is 2.31. The van der Waals surface area contributed by atoms with E-state index >= 15 is 0 Å². The Hall–Kier alpha value is -1.79. The molecule has 0 radical (unpaired) electrons. The molecule has 2 N–H and O–H groups in total. The van der Waals surface area contributed by atoms with E-state index in [0.29, 0.717) is 0 Å². The van der Waals surface area contributed by atoms with Crippen LogP contribution in [0.15, 0.2) is 34.1 Å². The Morgan fingerprint density at radius 3 is 2.40 bits per heavy atom. The molecule has 0 aliphatic rings. The van der Waals surface area contributed by atoms with Crippen molar-refractivity contribution >= 4 is 23.4 Å². The second kappa shape index (κ2) is 8.06. The van der Waals surface area contributed by atoms with Crippen LogP contribution in [-0.4, -0.2) is 29.3 Å². The highest BCUT2D eigenvalue weighted by Gasteiger charge is 2.21. The van der Waals surface area contributed by atoms with Crippen LogP contribution in [0.25, 0.3) is 0 Å². The molecule has 6 heteroatoms. The van der Waals surface area contributed by atoms with Gasteiger partial charge in [-0.2, -0.15) is 5.10 Å². The van der Waals surface area contributed by atoms with Crippen molar-refractivity contribution in [3.63, 3.8) is 0 Å². The van der Waals surface area contributed by atoms with E-state index in [1.165, 1.54) is 10.6 Å². The molecule has 0 saturated carbocycles. The Kier molecular flexibility index (Phi) is 6.30. The SMILES string of the molecule is CNCCn1nc(C)c(Sc2ccc(NC(=O)C(C)(C)C)cc2)c1C. The van der Waals surface area contributed by atoms with Gasteiger partial charge in [-0.15, -0.1) is 0 Å². The monoisotopic (exact) mass is 360 g/mol. The smallest absolute Gasteiger partial charge is 0.229 e. The molecule has 0 bridgehead atoms. The maximum atomic E-state index is 12.1. The summed E-state index contributed by atoms with van der Waals surface area (Å²) in [6.07, 6.45) is 0. The number of aryl methyl sites for hydroxylation is 1. The van der Waals surface area contributed by atoms with Crippen LogP contribution in [0, 0.1) is 19.3 Å². The van der Waals surface area contributed by atoms with Gasteiger partial charge in [0.1, 0.15) is 0 Å². The van der Waals surface area contributed by atoms with Gasteiger partial charge in [0.2, 0.25) is 5.91 Å². The largest absolute Gasteiger partial charge is 0.326 e. The molecule has 0 saturated heterocycles. The maximum absolute atomic E-state index is 12.1. The summed E-state index contributed by atoms with van der Waals surface area (Å²) in [5.41, 5.74) is 2.65. The summed E-state index contributed by atoms with van der Waals surface area (Å²) in [6, 6.07) is 7.96. The highest BCUT2D eigenvalue weighted by Crippen LogP contribution is 2.33. The lowest BCUT2D eigenvalue weighted by Crippen LogP contribution is -2.27. The highest BCUT2D eigenvalue weighted by atomic mass is 32.2. The number of nitrogens with one attached hydrogen (secondary N) is 2. The highest BCUT2D eigenvalue weighted by molar-refractivity contribution is 7.99. The third-order valence-electron chi connectivity index (χ3n) is 3.90. The number of nitrogens with zero attached hydrogens (tertiary/aromatic N) is 2. The van der Waals surface area contributed by atoms with Crippen molar-refractivity contribution in [3.05, 3.63) is 35.7 Å². The summed E-state index contributed by atoms with van der Waals surface area (Å²) in [7, 11) is 1.95. The Morgan fingerprint density at radius 2 is 1.84 bits per heavy atom. The van der Waals surface area contributed by atoms with Crippen molar-refractivity contribution < 1.29 is 4.79 Å². The lowest BCUT2D eigenvalue weighted by Gasteiger charge is -2.17. The third-order valence-corrected chi connectivity index (χ3v) is 5.20. The number of carbonyl (C=O) groups is 1. The van der Waals surface area contributed by atoms with Crippen molar-refractivity contribution in [1.82, 2.24) is 15.1 Å². The van der Waals surface area contributed by atoms with E-state index in [1.54, 1.807) is 11.8 Å². The Bertz CT molecular complexity index is 729. The number of carbonyl (C=O) groups excluding carboxylic acids is 1. The number of hydrogen-bond donors (Lipinski definition) is 2. The fourth-order valence-corrected chi connectivity index (χ4v) is 3.26. The Labute approximate surface area is 154 Å². The predicted octanol–water partition coefficient (Wildman–Crippen LogP) is 3.86. The van der Waals surface area contributed by atoms with Crippen LogP contribution >= 0.6 is 11.8 Å². The Morgan fingerprint density at radius 1 is 1.20 bits per heavy atom. The van der Waals surface area contributed by atoms with E-state index in [2.05, 4.69) is 22.7 Å². The number of rotatable bonds is 6. The number of benzene rings is 1. The van der Waals surface area contributed by atoms with E-state index < -0.39 is 5.41 Å². The molecule has 1 aromatic carbocycles. The number of hydrogen-bond acceptors (Lipinski definition) is 4. The third kappa shape index (κ3) is 5.09. The van der Waals surface area contributed by atoms with Gasteiger partial charge < -0.3 is 10.6 Å². The van der Waals surface area contributed by atoms with Crippen molar-refractivity contribution in [2.75, 3.05) is 18.9 Å². The van der Waals surface area contributed by atoms with Crippen molar-refractivity contribution in [2.45, 2.75) is 51.0 Å². The molecule has 136 valence electrons. The quantitative estimate of drug-likeness (QED) is 0.821. The first-order valence-electron chi connectivity index (χ1n) is 8.50. The number of anilines is 1. The average Bonchev–Trinajstić information content (AvgIpc) is 2.81. The van der Waals surface area contributed by atoms with Crippen molar-refractivity contribution in [2.24, 2.45) is 5.41 Å². The lowest BCUT2D eigenvalue weighted by atomic mass is 9.95. The first kappa shape index (κ1) is 19.5. The second-order valence-corrected chi connectivity index (χ2v) is 8.24. The molecule has 0 atom stereocenters. The topological polar surface area (TPSA) is 59.0 Å². The molecule has 0 aliphatic heterocycles. The van der Waals surface area contributed by atoms with Gasteiger partial charge in [0.25, 0.3) is 0 Å². The minimum absolute atomic E-state index is 0.0189. The molecule has 0 aliphatic carbocycles. The molecule has 5 nitrogen and oxygen atoms in total. The summed E-state index contributed by atoms with van der Waals surface area (Å²) in [5.74, 6) is 0.0189. The first-order valence-corrected chi connectivity index (χ1v) is 9.32. The minimum atomic E-state index is -0.399. The van der Waals surface area contributed by atoms with E-state index in [0.717, 1.165) is 29.4 Å². The van der Waals surface area contributed by atoms with Crippen molar-refractivity contribution in [1.29, 1.82) is 0 Å². The number of likely N-dealkylation sites (N-methyl/N-ethyl adjacent to an activating group) is 1. The molecule has 2 rings (SSSR count). The normalized spacial score (nSPS) is 11.6. The molecule has 0 fully saturated rings. The predicted molar refractivity (Wildman–Crippen MR) is 104 cm³/mol. The molecule has 0 spiro atoms. The van der Waals surface area contributed by atoms with Gasteiger partial charge in [-0.05, 0) is 45.2 Å². The first-order chi connectivity index (χ1) is 11.7. The van der Waals surface area contributed by atoms with Gasteiger partial charge in [-0.25, -0.2) is 0 Å². The summed E-state index contributed by atoms with van der Waals surface area (Å²) in [6.45, 7) is 11.6. The Balaban J connectivity index is 2.09. The average molecular weight is 361 g/mol. The van der Waals surface area contributed by atoms with Crippen LogP contribution in [0.4, 0.5) is 5.69 Å². The van der Waals surface area contributed by atoms with Crippen LogP contribution in [0.2, 0.25) is 0 Å². The molecule has 1 aromatic heterocycles. The standard InChI is InChI=1S/C19H28N4OS/c1-13-17(14(2)23(22-13)12-11-20-6)25-16-9-7-15(8-10-16)21-18(24)19(3,4)5/h7-10,20H,11-12H2,1-6H3,(H,21,24). The minimum Gasteiger partial charge on any atom is -0.326 e. The van der Waals surface area contributed by atoms with Gasteiger partial charge in [0.05, 0.1) is 17.1 Å². The molecular formula is C19H28N4OS. The van der Waals surface area contributed by atoms with E-state index in [-0.39, 0.29) is 5.91 Å². The van der Waals surface area contributed by atoms with E-state index in [1.807, 2.05) is 63.7 Å². The molecule has 1 amide bonds. The molecule has 1 heterocycles. The van der Waals surface area contributed by atoms with Gasteiger partial charge in [0.15, 0.2) is 0 Å². The van der Waals surface area contributed by atoms with Crippen LogP contribution < -0.4 is 10.6 Å². The van der Waals surface area contributed by atoms with Crippen LogP contribution in [-0.2, 0) is 11.3 Å². The zero-order chi connectivity index (χ0) is 18.6. The summed E-state index contributed by atoms with van der Waals surface area (Å²) >= 11 is 1.71. The number of aromatic nitrogens is 2. The lowest BCUT2D eigenvalue weighted by molar-refractivity contribution is -0.123.